The Labute approximate surface area is 133 Å². The molecule has 2 heterocycles. The molecular formula is C16H16ClN3S. The monoisotopic (exact) mass is 317 g/mol. The molecule has 3 aromatic rings. The van der Waals surface area contributed by atoms with Gasteiger partial charge >= 0.3 is 0 Å². The van der Waals surface area contributed by atoms with E-state index in [2.05, 4.69) is 35.2 Å². The fourth-order valence-corrected chi connectivity index (χ4v) is 3.23. The Morgan fingerprint density at radius 1 is 1.10 bits per heavy atom. The SMILES string of the molecule is CCc1nc(Nc2ccc(Cl)cc2)c2cc(CC)sc2n1. The van der Waals surface area contributed by atoms with E-state index in [1.54, 1.807) is 11.3 Å². The van der Waals surface area contributed by atoms with Crippen LogP contribution in [0, 0.1) is 0 Å². The zero-order chi connectivity index (χ0) is 14.8. The second-order valence-corrected chi connectivity index (χ2v) is 6.31. The lowest BCUT2D eigenvalue weighted by Gasteiger charge is -2.08. The van der Waals surface area contributed by atoms with Gasteiger partial charge in [-0.05, 0) is 36.8 Å². The van der Waals surface area contributed by atoms with Crippen LogP contribution in [0.5, 0.6) is 0 Å². The lowest BCUT2D eigenvalue weighted by Crippen LogP contribution is -1.99. The fourth-order valence-electron chi connectivity index (χ4n) is 2.11. The number of thiophene rings is 1. The summed E-state index contributed by atoms with van der Waals surface area (Å²) in [7, 11) is 0. The maximum absolute atomic E-state index is 5.93. The van der Waals surface area contributed by atoms with E-state index < -0.39 is 0 Å². The van der Waals surface area contributed by atoms with Crippen LogP contribution in [-0.4, -0.2) is 9.97 Å². The van der Waals surface area contributed by atoms with Crippen molar-refractivity contribution in [2.24, 2.45) is 0 Å². The molecule has 2 aromatic heterocycles. The van der Waals surface area contributed by atoms with Gasteiger partial charge in [-0.2, -0.15) is 0 Å². The van der Waals surface area contributed by atoms with E-state index in [0.717, 1.165) is 45.4 Å². The largest absolute Gasteiger partial charge is 0.340 e. The van der Waals surface area contributed by atoms with Crippen molar-refractivity contribution >= 4 is 44.7 Å². The summed E-state index contributed by atoms with van der Waals surface area (Å²) < 4.78 is 0. The van der Waals surface area contributed by atoms with Crippen LogP contribution < -0.4 is 5.32 Å². The van der Waals surface area contributed by atoms with Crippen LogP contribution in [0.2, 0.25) is 5.02 Å². The second-order valence-electron chi connectivity index (χ2n) is 4.76. The number of hydrogen-bond donors (Lipinski definition) is 1. The normalized spacial score (nSPS) is 11.0. The van der Waals surface area contributed by atoms with Crippen LogP contribution in [0.4, 0.5) is 11.5 Å². The van der Waals surface area contributed by atoms with Gasteiger partial charge in [-0.25, -0.2) is 9.97 Å². The van der Waals surface area contributed by atoms with E-state index in [1.807, 2.05) is 24.3 Å². The highest BCUT2D eigenvalue weighted by Gasteiger charge is 2.11. The van der Waals surface area contributed by atoms with Gasteiger partial charge in [-0.15, -0.1) is 11.3 Å². The molecule has 3 nitrogen and oxygen atoms in total. The number of benzene rings is 1. The lowest BCUT2D eigenvalue weighted by molar-refractivity contribution is 0.967. The van der Waals surface area contributed by atoms with Crippen molar-refractivity contribution in [2.45, 2.75) is 26.7 Å². The summed E-state index contributed by atoms with van der Waals surface area (Å²) in [5.41, 5.74) is 0.978. The first-order valence-corrected chi connectivity index (χ1v) is 8.21. The van der Waals surface area contributed by atoms with Gasteiger partial charge < -0.3 is 5.32 Å². The van der Waals surface area contributed by atoms with Crippen LogP contribution in [0.1, 0.15) is 24.5 Å². The summed E-state index contributed by atoms with van der Waals surface area (Å²) in [4.78, 5) is 11.6. The van der Waals surface area contributed by atoms with Gasteiger partial charge in [0, 0.05) is 22.0 Å². The number of nitrogens with zero attached hydrogens (tertiary/aromatic N) is 2. The zero-order valence-electron chi connectivity index (χ0n) is 12.0. The molecule has 0 amide bonds. The lowest BCUT2D eigenvalue weighted by atomic mass is 10.2. The summed E-state index contributed by atoms with van der Waals surface area (Å²) in [6.45, 7) is 4.23. The molecule has 3 rings (SSSR count). The van der Waals surface area contributed by atoms with Crippen LogP contribution in [0.25, 0.3) is 10.2 Å². The molecular weight excluding hydrogens is 302 g/mol. The third-order valence-electron chi connectivity index (χ3n) is 3.26. The van der Waals surface area contributed by atoms with E-state index >= 15 is 0 Å². The summed E-state index contributed by atoms with van der Waals surface area (Å²) in [6.07, 6.45) is 1.84. The number of aromatic nitrogens is 2. The highest BCUT2D eigenvalue weighted by molar-refractivity contribution is 7.18. The average molecular weight is 318 g/mol. The number of hydrogen-bond acceptors (Lipinski definition) is 4. The van der Waals surface area contributed by atoms with Gasteiger partial charge in [-0.1, -0.05) is 25.4 Å². The molecule has 0 bridgehead atoms. The molecule has 0 saturated heterocycles. The summed E-state index contributed by atoms with van der Waals surface area (Å²) >= 11 is 7.67. The van der Waals surface area contributed by atoms with Gasteiger partial charge in [0.1, 0.15) is 16.5 Å². The number of halogens is 1. The molecule has 0 radical (unpaired) electrons. The maximum Gasteiger partial charge on any atom is 0.142 e. The van der Waals surface area contributed by atoms with Crippen molar-refractivity contribution < 1.29 is 0 Å². The van der Waals surface area contributed by atoms with Gasteiger partial charge in [0.05, 0.1) is 5.39 Å². The van der Waals surface area contributed by atoms with Gasteiger partial charge in [-0.3, -0.25) is 0 Å². The summed E-state index contributed by atoms with van der Waals surface area (Å²) in [5.74, 6) is 1.73. The van der Waals surface area contributed by atoms with Crippen molar-refractivity contribution in [2.75, 3.05) is 5.32 Å². The minimum absolute atomic E-state index is 0.728. The minimum Gasteiger partial charge on any atom is -0.340 e. The fraction of sp³-hybridized carbons (Fsp3) is 0.250. The molecule has 0 atom stereocenters. The highest BCUT2D eigenvalue weighted by Crippen LogP contribution is 2.31. The van der Waals surface area contributed by atoms with Crippen molar-refractivity contribution in [3.05, 3.63) is 46.1 Å². The van der Waals surface area contributed by atoms with Gasteiger partial charge in [0.15, 0.2) is 0 Å². The van der Waals surface area contributed by atoms with E-state index in [1.165, 1.54) is 4.88 Å². The topological polar surface area (TPSA) is 37.8 Å². The molecule has 108 valence electrons. The van der Waals surface area contributed by atoms with Crippen molar-refractivity contribution in [3.8, 4) is 0 Å². The number of nitrogens with one attached hydrogen (secondary N) is 1. The van der Waals surface area contributed by atoms with Crippen molar-refractivity contribution in [1.29, 1.82) is 0 Å². The first-order valence-electron chi connectivity index (χ1n) is 7.01. The molecule has 0 fully saturated rings. The third-order valence-corrected chi connectivity index (χ3v) is 4.69. The summed E-state index contributed by atoms with van der Waals surface area (Å²) in [6, 6.07) is 9.82. The third kappa shape index (κ3) is 3.01. The first kappa shape index (κ1) is 14.3. The molecule has 1 aromatic carbocycles. The van der Waals surface area contributed by atoms with E-state index in [4.69, 9.17) is 11.6 Å². The summed E-state index contributed by atoms with van der Waals surface area (Å²) in [5, 5.41) is 5.20. The predicted molar refractivity (Wildman–Crippen MR) is 90.9 cm³/mol. The minimum atomic E-state index is 0.728. The van der Waals surface area contributed by atoms with Crippen molar-refractivity contribution in [1.82, 2.24) is 9.97 Å². The number of anilines is 2. The standard InChI is InChI=1S/C16H16ClN3S/c1-3-12-9-13-15(18-11-7-5-10(17)6-8-11)19-14(4-2)20-16(13)21-12/h5-9H,3-4H2,1-2H3,(H,18,19,20). The number of rotatable bonds is 4. The van der Waals surface area contributed by atoms with E-state index in [0.29, 0.717) is 0 Å². The smallest absolute Gasteiger partial charge is 0.142 e. The van der Waals surface area contributed by atoms with E-state index in [9.17, 15) is 0 Å². The molecule has 0 aliphatic heterocycles. The molecule has 0 saturated carbocycles. The predicted octanol–water partition coefficient (Wildman–Crippen LogP) is 5.21. The highest BCUT2D eigenvalue weighted by atomic mass is 35.5. The van der Waals surface area contributed by atoms with Crippen LogP contribution >= 0.6 is 22.9 Å². The Bertz CT molecular complexity index is 765. The Balaban J connectivity index is 2.06. The molecule has 5 heteroatoms. The quantitative estimate of drug-likeness (QED) is 0.717. The maximum atomic E-state index is 5.93. The Kier molecular flexibility index (Phi) is 4.08. The van der Waals surface area contributed by atoms with Crippen LogP contribution in [-0.2, 0) is 12.8 Å². The number of aryl methyl sites for hydroxylation is 2. The zero-order valence-corrected chi connectivity index (χ0v) is 13.6. The molecule has 21 heavy (non-hydrogen) atoms. The van der Waals surface area contributed by atoms with E-state index in [-0.39, 0.29) is 0 Å². The average Bonchev–Trinajstić information content (AvgIpc) is 2.92. The molecule has 0 spiro atoms. The van der Waals surface area contributed by atoms with Gasteiger partial charge in [0.2, 0.25) is 0 Å². The molecule has 0 aliphatic carbocycles. The Morgan fingerprint density at radius 3 is 2.52 bits per heavy atom. The van der Waals surface area contributed by atoms with Crippen molar-refractivity contribution in [3.63, 3.8) is 0 Å². The number of fused-ring (bicyclic) bond motifs is 1. The molecule has 1 N–H and O–H groups in total. The molecule has 0 aliphatic rings. The second kappa shape index (κ2) is 6.00. The van der Waals surface area contributed by atoms with Gasteiger partial charge in [0.25, 0.3) is 0 Å². The Morgan fingerprint density at radius 2 is 1.86 bits per heavy atom. The molecule has 0 unspecified atom stereocenters. The first-order chi connectivity index (χ1) is 10.2. The van der Waals surface area contributed by atoms with Crippen LogP contribution in [0.3, 0.4) is 0 Å². The van der Waals surface area contributed by atoms with Crippen LogP contribution in [0.15, 0.2) is 30.3 Å². The Hall–Kier alpha value is -1.65.